The van der Waals surface area contributed by atoms with Gasteiger partial charge in [-0.05, 0) is 38.0 Å². The van der Waals surface area contributed by atoms with Crippen LogP contribution in [0.4, 0.5) is 13.2 Å². The number of hydrogen-bond acceptors (Lipinski definition) is 3. The maximum atomic E-state index is 12.0. The Bertz CT molecular complexity index is 422. The van der Waals surface area contributed by atoms with Crippen molar-refractivity contribution in [3.8, 4) is 5.75 Å². The lowest BCUT2D eigenvalue weighted by Gasteiger charge is -2.38. The van der Waals surface area contributed by atoms with Crippen LogP contribution in [-0.4, -0.2) is 22.2 Å². The Kier molecular flexibility index (Phi) is 4.17. The quantitative estimate of drug-likeness (QED) is 0.890. The van der Waals surface area contributed by atoms with Gasteiger partial charge in [0.2, 0.25) is 0 Å². The van der Waals surface area contributed by atoms with Crippen molar-refractivity contribution in [2.24, 2.45) is 0 Å². The molecule has 1 aromatic rings. The van der Waals surface area contributed by atoms with Gasteiger partial charge in [-0.25, -0.2) is 0 Å². The van der Waals surface area contributed by atoms with Gasteiger partial charge in [0.25, 0.3) is 0 Å². The van der Waals surface area contributed by atoms with E-state index in [1.54, 1.807) is 6.92 Å². The minimum Gasteiger partial charge on any atom is -0.406 e. The fourth-order valence-electron chi connectivity index (χ4n) is 1.64. The summed E-state index contributed by atoms with van der Waals surface area (Å²) >= 11 is 0. The SMILES string of the molecule is CCC(C)(O)C(C)(O)c1ccc(OC(F)(F)F)cc1. The molecule has 0 bridgehead atoms. The molecule has 0 saturated heterocycles. The first kappa shape index (κ1) is 15.8. The molecule has 0 aliphatic rings. The van der Waals surface area contributed by atoms with E-state index < -0.39 is 17.6 Å². The lowest BCUT2D eigenvalue weighted by Crippen LogP contribution is -2.46. The molecule has 2 atom stereocenters. The number of halogens is 3. The summed E-state index contributed by atoms with van der Waals surface area (Å²) in [6, 6.07) is 4.79. The lowest BCUT2D eigenvalue weighted by molar-refractivity contribution is -0.274. The summed E-state index contributed by atoms with van der Waals surface area (Å²) in [5, 5.41) is 20.4. The minimum atomic E-state index is -4.75. The Labute approximate surface area is 109 Å². The molecule has 0 spiro atoms. The third-order valence-corrected chi connectivity index (χ3v) is 3.39. The molecular formula is C13H17F3O3. The Hall–Kier alpha value is -1.27. The average molecular weight is 278 g/mol. The molecule has 0 aliphatic heterocycles. The number of ether oxygens (including phenoxy) is 1. The zero-order valence-electron chi connectivity index (χ0n) is 11.0. The molecular weight excluding hydrogens is 261 g/mol. The van der Waals surface area contributed by atoms with Crippen LogP contribution in [0.2, 0.25) is 0 Å². The standard InChI is InChI=1S/C13H17F3O3/c1-4-11(2,17)12(3,18)9-5-7-10(8-6-9)19-13(14,15)16/h5-8,17-18H,4H2,1-3H3. The van der Waals surface area contributed by atoms with Crippen molar-refractivity contribution in [1.29, 1.82) is 0 Å². The van der Waals surface area contributed by atoms with Gasteiger partial charge in [0, 0.05) is 0 Å². The number of aliphatic hydroxyl groups is 2. The van der Waals surface area contributed by atoms with E-state index in [9.17, 15) is 23.4 Å². The highest BCUT2D eigenvalue weighted by Gasteiger charge is 2.41. The van der Waals surface area contributed by atoms with Crippen LogP contribution in [0, 0.1) is 0 Å². The normalized spacial score (nSPS) is 18.5. The first-order chi connectivity index (χ1) is 8.49. The summed E-state index contributed by atoms with van der Waals surface area (Å²) in [6.45, 7) is 4.58. The van der Waals surface area contributed by atoms with Crippen molar-refractivity contribution in [2.45, 2.75) is 44.8 Å². The van der Waals surface area contributed by atoms with E-state index in [-0.39, 0.29) is 5.75 Å². The number of benzene rings is 1. The zero-order valence-corrected chi connectivity index (χ0v) is 11.0. The van der Waals surface area contributed by atoms with Crippen LogP contribution in [0.1, 0.15) is 32.8 Å². The van der Waals surface area contributed by atoms with Crippen molar-refractivity contribution < 1.29 is 28.1 Å². The van der Waals surface area contributed by atoms with Gasteiger partial charge in [0.15, 0.2) is 0 Å². The molecule has 0 radical (unpaired) electrons. The van der Waals surface area contributed by atoms with E-state index in [0.29, 0.717) is 12.0 Å². The van der Waals surface area contributed by atoms with Crippen molar-refractivity contribution in [3.63, 3.8) is 0 Å². The van der Waals surface area contributed by atoms with Crippen LogP contribution in [0.3, 0.4) is 0 Å². The zero-order chi connectivity index (χ0) is 14.9. The molecule has 108 valence electrons. The molecule has 3 nitrogen and oxygen atoms in total. The molecule has 0 aromatic heterocycles. The topological polar surface area (TPSA) is 49.7 Å². The monoisotopic (exact) mass is 278 g/mol. The number of rotatable bonds is 4. The second-order valence-corrected chi connectivity index (χ2v) is 4.77. The van der Waals surface area contributed by atoms with E-state index in [2.05, 4.69) is 4.74 Å². The number of hydrogen-bond donors (Lipinski definition) is 2. The minimum absolute atomic E-state index is 0.292. The molecule has 0 aliphatic carbocycles. The van der Waals surface area contributed by atoms with Crippen molar-refractivity contribution in [2.75, 3.05) is 0 Å². The summed E-state index contributed by atoms with van der Waals surface area (Å²) in [6.07, 6.45) is -4.46. The van der Waals surface area contributed by atoms with Crippen LogP contribution >= 0.6 is 0 Å². The molecule has 19 heavy (non-hydrogen) atoms. The van der Waals surface area contributed by atoms with E-state index in [1.807, 2.05) is 0 Å². The van der Waals surface area contributed by atoms with Crippen LogP contribution in [0.5, 0.6) is 5.75 Å². The second kappa shape index (κ2) is 5.02. The molecule has 0 heterocycles. The van der Waals surface area contributed by atoms with E-state index in [1.165, 1.54) is 26.0 Å². The summed E-state index contributed by atoms with van der Waals surface area (Å²) < 4.78 is 39.8. The van der Waals surface area contributed by atoms with Crippen molar-refractivity contribution >= 4 is 0 Å². The maximum absolute atomic E-state index is 12.0. The Balaban J connectivity index is 2.99. The Morgan fingerprint density at radius 3 is 1.89 bits per heavy atom. The first-order valence-electron chi connectivity index (χ1n) is 5.80. The highest BCUT2D eigenvalue weighted by atomic mass is 19.4. The van der Waals surface area contributed by atoms with Gasteiger partial charge in [-0.2, -0.15) is 0 Å². The highest BCUT2D eigenvalue weighted by Crippen LogP contribution is 2.36. The third-order valence-electron chi connectivity index (χ3n) is 3.39. The third kappa shape index (κ3) is 3.61. The van der Waals surface area contributed by atoms with Gasteiger partial charge in [0.1, 0.15) is 11.4 Å². The molecule has 1 aromatic carbocycles. The molecule has 2 N–H and O–H groups in total. The lowest BCUT2D eigenvalue weighted by atomic mass is 9.78. The summed E-state index contributed by atoms with van der Waals surface area (Å²) in [4.78, 5) is 0. The average Bonchev–Trinajstić information content (AvgIpc) is 2.27. The smallest absolute Gasteiger partial charge is 0.406 e. The van der Waals surface area contributed by atoms with Crippen molar-refractivity contribution in [3.05, 3.63) is 29.8 Å². The first-order valence-corrected chi connectivity index (χ1v) is 5.80. The van der Waals surface area contributed by atoms with Gasteiger partial charge in [0.05, 0.1) is 5.60 Å². The molecule has 6 heteroatoms. The van der Waals surface area contributed by atoms with Gasteiger partial charge in [-0.3, -0.25) is 0 Å². The van der Waals surface area contributed by atoms with Crippen LogP contribution in [-0.2, 0) is 5.60 Å². The van der Waals surface area contributed by atoms with E-state index in [4.69, 9.17) is 0 Å². The van der Waals surface area contributed by atoms with Gasteiger partial charge in [-0.1, -0.05) is 19.1 Å². The Morgan fingerprint density at radius 1 is 1.05 bits per heavy atom. The predicted octanol–water partition coefficient (Wildman–Crippen LogP) is 2.95. The number of alkyl halides is 3. The van der Waals surface area contributed by atoms with Crippen molar-refractivity contribution in [1.82, 2.24) is 0 Å². The van der Waals surface area contributed by atoms with Gasteiger partial charge in [-0.15, -0.1) is 13.2 Å². The highest BCUT2D eigenvalue weighted by molar-refractivity contribution is 5.32. The molecule has 0 saturated carbocycles. The largest absolute Gasteiger partial charge is 0.573 e. The molecule has 0 fully saturated rings. The fourth-order valence-corrected chi connectivity index (χ4v) is 1.64. The van der Waals surface area contributed by atoms with Crippen LogP contribution in [0.25, 0.3) is 0 Å². The Morgan fingerprint density at radius 2 is 1.53 bits per heavy atom. The molecule has 2 unspecified atom stereocenters. The summed E-state index contributed by atoms with van der Waals surface area (Å²) in [7, 11) is 0. The van der Waals surface area contributed by atoms with E-state index >= 15 is 0 Å². The maximum Gasteiger partial charge on any atom is 0.573 e. The summed E-state index contributed by atoms with van der Waals surface area (Å²) in [5.74, 6) is -0.372. The summed E-state index contributed by atoms with van der Waals surface area (Å²) in [5.41, 5.74) is -2.65. The van der Waals surface area contributed by atoms with Crippen LogP contribution in [0.15, 0.2) is 24.3 Å². The van der Waals surface area contributed by atoms with Gasteiger partial charge < -0.3 is 14.9 Å². The van der Waals surface area contributed by atoms with E-state index in [0.717, 1.165) is 12.1 Å². The second-order valence-electron chi connectivity index (χ2n) is 4.77. The van der Waals surface area contributed by atoms with Gasteiger partial charge >= 0.3 is 6.36 Å². The molecule has 0 amide bonds. The fraction of sp³-hybridized carbons (Fsp3) is 0.538. The van der Waals surface area contributed by atoms with Crippen LogP contribution < -0.4 is 4.74 Å². The molecule has 1 rings (SSSR count). The predicted molar refractivity (Wildman–Crippen MR) is 63.6 cm³/mol.